The van der Waals surface area contributed by atoms with Gasteiger partial charge in [0.15, 0.2) is 0 Å². The van der Waals surface area contributed by atoms with E-state index in [1.54, 1.807) is 24.3 Å². The van der Waals surface area contributed by atoms with Gasteiger partial charge < -0.3 is 10.1 Å². The number of hydrogen-bond donors (Lipinski definition) is 1. The summed E-state index contributed by atoms with van der Waals surface area (Å²) >= 11 is 0. The van der Waals surface area contributed by atoms with Crippen LogP contribution in [0.4, 0.5) is 5.69 Å². The standard InChI is InChI=1S/C18H21NO4/c1-23-18(22)14-7-2-3-8-15(14)19-17(21)13-9-11-5-4-6-12(10-13)16(11)20/h2-3,7-8,11-13H,4-6,9-10H2,1H3,(H,19,21)/t11-,12+,13?. The summed E-state index contributed by atoms with van der Waals surface area (Å²) in [5.41, 5.74) is 0.807. The van der Waals surface area contributed by atoms with Crippen LogP contribution in [0.3, 0.4) is 0 Å². The Morgan fingerprint density at radius 3 is 2.43 bits per heavy atom. The molecule has 5 heteroatoms. The normalized spacial score (nSPS) is 26.5. The van der Waals surface area contributed by atoms with Crippen molar-refractivity contribution < 1.29 is 19.1 Å². The Kier molecular flexibility index (Phi) is 4.46. The van der Waals surface area contributed by atoms with Crippen molar-refractivity contribution in [2.75, 3.05) is 12.4 Å². The number of rotatable bonds is 3. The maximum absolute atomic E-state index is 12.6. The molecule has 0 aliphatic heterocycles. The molecule has 2 aliphatic carbocycles. The molecule has 0 saturated heterocycles. The summed E-state index contributed by atoms with van der Waals surface area (Å²) < 4.78 is 4.74. The Balaban J connectivity index is 1.73. The lowest BCUT2D eigenvalue weighted by molar-refractivity contribution is -0.136. The third-order valence-electron chi connectivity index (χ3n) is 5.01. The quantitative estimate of drug-likeness (QED) is 0.871. The van der Waals surface area contributed by atoms with E-state index in [-0.39, 0.29) is 23.7 Å². The Bertz CT molecular complexity index is 624. The van der Waals surface area contributed by atoms with Crippen LogP contribution in [0.2, 0.25) is 0 Å². The molecule has 2 bridgehead atoms. The zero-order chi connectivity index (χ0) is 16.4. The predicted molar refractivity (Wildman–Crippen MR) is 85.0 cm³/mol. The zero-order valence-electron chi connectivity index (χ0n) is 13.2. The largest absolute Gasteiger partial charge is 0.465 e. The number of methoxy groups -OCH3 is 1. The second-order valence-corrected chi connectivity index (χ2v) is 6.42. The van der Waals surface area contributed by atoms with Crippen LogP contribution in [0.5, 0.6) is 0 Å². The Hall–Kier alpha value is -2.17. The summed E-state index contributed by atoms with van der Waals surface area (Å²) in [4.78, 5) is 36.5. The van der Waals surface area contributed by atoms with Crippen LogP contribution in [0.1, 0.15) is 42.5 Å². The topological polar surface area (TPSA) is 72.5 Å². The fraction of sp³-hybridized carbons (Fsp3) is 0.500. The first-order valence-corrected chi connectivity index (χ1v) is 8.12. The first kappa shape index (κ1) is 15.7. The zero-order valence-corrected chi connectivity index (χ0v) is 13.2. The van der Waals surface area contributed by atoms with Crippen molar-refractivity contribution >= 4 is 23.3 Å². The number of carbonyl (C=O) groups excluding carboxylic acids is 3. The molecule has 1 aromatic rings. The molecular formula is C18H21NO4. The Morgan fingerprint density at radius 1 is 1.13 bits per heavy atom. The fourth-order valence-corrected chi connectivity index (χ4v) is 3.81. The molecule has 0 spiro atoms. The first-order chi connectivity index (χ1) is 11.1. The van der Waals surface area contributed by atoms with E-state index in [4.69, 9.17) is 4.74 Å². The highest BCUT2D eigenvalue weighted by Gasteiger charge is 2.41. The van der Waals surface area contributed by atoms with Gasteiger partial charge in [0, 0.05) is 17.8 Å². The lowest BCUT2D eigenvalue weighted by atomic mass is 9.67. The van der Waals surface area contributed by atoms with Gasteiger partial charge in [-0.25, -0.2) is 4.79 Å². The maximum atomic E-state index is 12.6. The molecule has 1 N–H and O–H groups in total. The van der Waals surface area contributed by atoms with Crippen molar-refractivity contribution in [2.45, 2.75) is 32.1 Å². The lowest BCUT2D eigenvalue weighted by Crippen LogP contribution is -2.40. The molecule has 5 nitrogen and oxygen atoms in total. The van der Waals surface area contributed by atoms with Crippen molar-refractivity contribution in [1.29, 1.82) is 0 Å². The summed E-state index contributed by atoms with van der Waals surface area (Å²) in [6.45, 7) is 0. The monoisotopic (exact) mass is 315 g/mol. The molecule has 122 valence electrons. The summed E-state index contributed by atoms with van der Waals surface area (Å²) in [6, 6.07) is 6.81. The van der Waals surface area contributed by atoms with Crippen LogP contribution in [-0.4, -0.2) is 24.8 Å². The SMILES string of the molecule is COC(=O)c1ccccc1NC(=O)C1C[C@H]2CCC[C@@H](C1)C2=O. The second-order valence-electron chi connectivity index (χ2n) is 6.42. The Labute approximate surface area is 135 Å². The number of para-hydroxylation sites is 1. The van der Waals surface area contributed by atoms with Crippen LogP contribution in [0.15, 0.2) is 24.3 Å². The summed E-state index contributed by atoms with van der Waals surface area (Å²) in [7, 11) is 1.31. The van der Waals surface area contributed by atoms with Crippen LogP contribution in [0, 0.1) is 17.8 Å². The summed E-state index contributed by atoms with van der Waals surface area (Å²) in [5, 5.41) is 2.85. The number of ketones is 1. The van der Waals surface area contributed by atoms with Gasteiger partial charge in [-0.2, -0.15) is 0 Å². The minimum atomic E-state index is -0.475. The smallest absolute Gasteiger partial charge is 0.339 e. The Morgan fingerprint density at radius 2 is 1.78 bits per heavy atom. The number of nitrogens with one attached hydrogen (secondary N) is 1. The van der Waals surface area contributed by atoms with Crippen molar-refractivity contribution in [3.63, 3.8) is 0 Å². The van der Waals surface area contributed by atoms with E-state index in [0.717, 1.165) is 19.3 Å². The molecule has 0 radical (unpaired) electrons. The minimum absolute atomic E-state index is 0.0362. The molecule has 3 rings (SSSR count). The number of Topliss-reactive ketones (excluding diaryl/α,β-unsaturated/α-hetero) is 1. The van der Waals surface area contributed by atoms with Crippen LogP contribution in [0.25, 0.3) is 0 Å². The molecule has 0 aromatic heterocycles. The molecule has 2 aliphatic rings. The highest BCUT2D eigenvalue weighted by molar-refractivity contribution is 6.02. The number of ether oxygens (including phenoxy) is 1. The number of anilines is 1. The predicted octanol–water partition coefficient (Wildman–Crippen LogP) is 2.81. The minimum Gasteiger partial charge on any atom is -0.465 e. The van der Waals surface area contributed by atoms with Gasteiger partial charge in [-0.05, 0) is 37.8 Å². The van der Waals surface area contributed by atoms with Gasteiger partial charge in [-0.3, -0.25) is 9.59 Å². The van der Waals surface area contributed by atoms with E-state index < -0.39 is 5.97 Å². The molecule has 1 aromatic carbocycles. The molecule has 1 unspecified atom stereocenters. The number of esters is 1. The molecule has 3 atom stereocenters. The van der Waals surface area contributed by atoms with Gasteiger partial charge in [-0.1, -0.05) is 18.6 Å². The van der Waals surface area contributed by atoms with Gasteiger partial charge in [0.2, 0.25) is 5.91 Å². The van der Waals surface area contributed by atoms with Gasteiger partial charge >= 0.3 is 5.97 Å². The average Bonchev–Trinajstić information content (AvgIpc) is 2.54. The van der Waals surface area contributed by atoms with Crippen LogP contribution >= 0.6 is 0 Å². The van der Waals surface area contributed by atoms with E-state index in [1.807, 2.05) is 0 Å². The molecular weight excluding hydrogens is 294 g/mol. The number of carbonyl (C=O) groups is 3. The van der Waals surface area contributed by atoms with E-state index in [1.165, 1.54) is 7.11 Å². The first-order valence-electron chi connectivity index (χ1n) is 8.12. The average molecular weight is 315 g/mol. The molecule has 1 amide bonds. The highest BCUT2D eigenvalue weighted by atomic mass is 16.5. The number of benzene rings is 1. The van der Waals surface area contributed by atoms with Crippen molar-refractivity contribution in [3.05, 3.63) is 29.8 Å². The van der Waals surface area contributed by atoms with Crippen molar-refractivity contribution in [2.24, 2.45) is 17.8 Å². The van der Waals surface area contributed by atoms with Gasteiger partial charge in [0.1, 0.15) is 5.78 Å². The van der Waals surface area contributed by atoms with Crippen LogP contribution < -0.4 is 5.32 Å². The summed E-state index contributed by atoms with van der Waals surface area (Å²) in [5.74, 6) is -0.325. The third kappa shape index (κ3) is 3.14. The van der Waals surface area contributed by atoms with E-state index in [0.29, 0.717) is 29.9 Å². The number of hydrogen-bond acceptors (Lipinski definition) is 4. The molecule has 0 heterocycles. The third-order valence-corrected chi connectivity index (χ3v) is 5.01. The van der Waals surface area contributed by atoms with Gasteiger partial charge in [-0.15, -0.1) is 0 Å². The van der Waals surface area contributed by atoms with E-state index in [2.05, 4.69) is 5.32 Å². The highest BCUT2D eigenvalue weighted by Crippen LogP contribution is 2.40. The maximum Gasteiger partial charge on any atom is 0.339 e. The van der Waals surface area contributed by atoms with Crippen LogP contribution in [-0.2, 0) is 14.3 Å². The van der Waals surface area contributed by atoms with E-state index in [9.17, 15) is 14.4 Å². The summed E-state index contributed by atoms with van der Waals surface area (Å²) in [6.07, 6.45) is 4.14. The van der Waals surface area contributed by atoms with Gasteiger partial charge in [0.25, 0.3) is 0 Å². The molecule has 23 heavy (non-hydrogen) atoms. The lowest BCUT2D eigenvalue weighted by Gasteiger charge is -2.37. The fourth-order valence-electron chi connectivity index (χ4n) is 3.81. The molecule has 2 saturated carbocycles. The van der Waals surface area contributed by atoms with E-state index >= 15 is 0 Å². The van der Waals surface area contributed by atoms with Crippen molar-refractivity contribution in [3.8, 4) is 0 Å². The van der Waals surface area contributed by atoms with Gasteiger partial charge in [0.05, 0.1) is 18.4 Å². The number of fused-ring (bicyclic) bond motifs is 2. The second kappa shape index (κ2) is 6.52. The van der Waals surface area contributed by atoms with Crippen molar-refractivity contribution in [1.82, 2.24) is 0 Å². The number of amides is 1. The molecule has 2 fully saturated rings.